The Bertz CT molecular complexity index is 1150. The van der Waals surface area contributed by atoms with E-state index in [4.69, 9.17) is 4.74 Å². The third-order valence-electron chi connectivity index (χ3n) is 9.91. The molecule has 180 valence electrons. The van der Waals surface area contributed by atoms with E-state index in [2.05, 4.69) is 9.88 Å². The lowest BCUT2D eigenvalue weighted by Gasteiger charge is -2.59. The van der Waals surface area contributed by atoms with Gasteiger partial charge in [0.2, 0.25) is 5.69 Å². The normalized spacial score (nSPS) is 38.5. The van der Waals surface area contributed by atoms with Crippen LogP contribution < -0.4 is 5.56 Å². The van der Waals surface area contributed by atoms with Crippen LogP contribution in [-0.4, -0.2) is 45.2 Å². The highest BCUT2D eigenvalue weighted by atomic mass is 16.5. The lowest BCUT2D eigenvalue weighted by Crippen LogP contribution is -2.60. The van der Waals surface area contributed by atoms with Gasteiger partial charge in [-0.05, 0) is 101 Å². The summed E-state index contributed by atoms with van der Waals surface area (Å²) in [6.45, 7) is 2.00. The number of esters is 1. The largest absolute Gasteiger partial charge is 0.461 e. The van der Waals surface area contributed by atoms with Crippen molar-refractivity contribution in [3.8, 4) is 0 Å². The zero-order valence-corrected chi connectivity index (χ0v) is 20.1. The molecule has 6 fully saturated rings. The Kier molecular flexibility index (Phi) is 4.91. The zero-order chi connectivity index (χ0) is 23.0. The number of benzene rings is 1. The Morgan fingerprint density at radius 2 is 1.59 bits per heavy atom. The minimum absolute atomic E-state index is 0.0728. The molecule has 6 bridgehead atoms. The first kappa shape index (κ1) is 21.1. The second kappa shape index (κ2) is 7.91. The van der Waals surface area contributed by atoms with Crippen molar-refractivity contribution >= 4 is 17.0 Å². The monoisotopic (exact) mass is 461 g/mol. The van der Waals surface area contributed by atoms with Gasteiger partial charge < -0.3 is 9.30 Å². The summed E-state index contributed by atoms with van der Waals surface area (Å²) in [6, 6.07) is 9.73. The number of carbonyl (C=O) groups excluding carboxylic acids is 1. The summed E-state index contributed by atoms with van der Waals surface area (Å²) in [6.07, 6.45) is 11.8. The van der Waals surface area contributed by atoms with Crippen molar-refractivity contribution in [1.82, 2.24) is 14.5 Å². The molecular weight excluding hydrogens is 426 g/mol. The van der Waals surface area contributed by atoms with Crippen molar-refractivity contribution in [3.63, 3.8) is 0 Å². The lowest BCUT2D eigenvalue weighted by molar-refractivity contribution is -0.0938. The lowest BCUT2D eigenvalue weighted by atomic mass is 9.53. The fourth-order valence-electron chi connectivity index (χ4n) is 9.11. The second-order valence-electron chi connectivity index (χ2n) is 11.7. The summed E-state index contributed by atoms with van der Waals surface area (Å²) in [5.74, 6) is 3.18. The number of hydrogen-bond donors (Lipinski definition) is 0. The molecule has 34 heavy (non-hydrogen) atoms. The van der Waals surface area contributed by atoms with Gasteiger partial charge in [-0.3, -0.25) is 9.69 Å². The number of piperidine rings is 1. The van der Waals surface area contributed by atoms with Crippen molar-refractivity contribution in [2.45, 2.75) is 88.9 Å². The first-order chi connectivity index (χ1) is 16.6. The van der Waals surface area contributed by atoms with Gasteiger partial charge in [0, 0.05) is 24.2 Å². The molecule has 2 unspecified atom stereocenters. The summed E-state index contributed by atoms with van der Waals surface area (Å²) < 4.78 is 7.08. The first-order valence-electron chi connectivity index (χ1n) is 13.6. The molecule has 3 heterocycles. The quantitative estimate of drug-likeness (QED) is 0.625. The van der Waals surface area contributed by atoms with E-state index >= 15 is 0 Å². The van der Waals surface area contributed by atoms with Crippen LogP contribution in [0.15, 0.2) is 29.1 Å². The van der Waals surface area contributed by atoms with Crippen LogP contribution in [-0.2, 0) is 4.74 Å². The summed E-state index contributed by atoms with van der Waals surface area (Å²) in [4.78, 5) is 33.6. The minimum atomic E-state index is -0.610. The number of hydrogen-bond acceptors (Lipinski definition) is 5. The van der Waals surface area contributed by atoms with Gasteiger partial charge in [-0.2, -0.15) is 0 Å². The molecule has 1 aromatic heterocycles. The number of aromatic nitrogens is 2. The highest BCUT2D eigenvalue weighted by molar-refractivity contribution is 5.89. The molecule has 1 aromatic carbocycles. The molecule has 6 heteroatoms. The molecule has 2 aromatic rings. The van der Waals surface area contributed by atoms with E-state index in [0.717, 1.165) is 48.1 Å². The van der Waals surface area contributed by atoms with Gasteiger partial charge in [0.25, 0.3) is 5.56 Å². The van der Waals surface area contributed by atoms with E-state index in [1.807, 2.05) is 28.8 Å². The summed E-state index contributed by atoms with van der Waals surface area (Å²) in [7, 11) is 0. The molecule has 0 spiro atoms. The van der Waals surface area contributed by atoms with Gasteiger partial charge in [0.15, 0.2) is 0 Å². The van der Waals surface area contributed by atoms with Crippen molar-refractivity contribution in [2.24, 2.45) is 23.7 Å². The Morgan fingerprint density at radius 1 is 0.941 bits per heavy atom. The molecular formula is C28H35N3O3. The molecule has 6 aliphatic rings. The van der Waals surface area contributed by atoms with Gasteiger partial charge in [0.1, 0.15) is 0 Å². The topological polar surface area (TPSA) is 64.4 Å². The Morgan fingerprint density at radius 3 is 2.24 bits per heavy atom. The smallest absolute Gasteiger partial charge is 0.362 e. The van der Waals surface area contributed by atoms with Crippen molar-refractivity contribution < 1.29 is 9.53 Å². The summed E-state index contributed by atoms with van der Waals surface area (Å²) in [5.41, 5.74) is 1.18. The molecule has 2 aliphatic heterocycles. The van der Waals surface area contributed by atoms with Gasteiger partial charge in [0.05, 0.1) is 17.6 Å². The number of ether oxygens (including phenoxy) is 1. The van der Waals surface area contributed by atoms with Crippen LogP contribution in [0.5, 0.6) is 0 Å². The third kappa shape index (κ3) is 3.13. The summed E-state index contributed by atoms with van der Waals surface area (Å²) >= 11 is 0. The van der Waals surface area contributed by atoms with Gasteiger partial charge >= 0.3 is 5.97 Å². The van der Waals surface area contributed by atoms with E-state index in [0.29, 0.717) is 17.6 Å². The Hall–Kier alpha value is -2.21. The molecule has 6 nitrogen and oxygen atoms in total. The molecule has 0 radical (unpaired) electrons. The van der Waals surface area contributed by atoms with Crippen molar-refractivity contribution in [1.29, 1.82) is 0 Å². The fourth-order valence-corrected chi connectivity index (χ4v) is 9.11. The number of rotatable bonds is 4. The van der Waals surface area contributed by atoms with Crippen LogP contribution in [0.25, 0.3) is 11.0 Å². The maximum Gasteiger partial charge on any atom is 0.362 e. The minimum Gasteiger partial charge on any atom is -0.461 e. The number of nitrogens with zero attached hydrogens (tertiary/aromatic N) is 3. The zero-order valence-electron chi connectivity index (χ0n) is 20.1. The standard InChI is InChI=1S/C28H35N3O3/c1-2-34-28(33)25-27(32)31(24-6-4-3-5-23(24)29-25)22-14-20-7-8-21(15-22)30(20)26-18-10-16-9-17(12-18)13-19(26)11-16/h3-6,16-22,26H,2,7-15H2,1H3. The maximum absolute atomic E-state index is 13.6. The van der Waals surface area contributed by atoms with Gasteiger partial charge in [-0.15, -0.1) is 0 Å². The predicted octanol–water partition coefficient (Wildman–Crippen LogP) is 4.57. The number of carbonyl (C=O) groups is 1. The molecule has 0 amide bonds. The van der Waals surface area contributed by atoms with Gasteiger partial charge in [-0.25, -0.2) is 9.78 Å². The van der Waals surface area contributed by atoms with Crippen molar-refractivity contribution in [3.05, 3.63) is 40.3 Å². The molecule has 8 rings (SSSR count). The van der Waals surface area contributed by atoms with E-state index in [1.54, 1.807) is 6.92 Å². The second-order valence-corrected chi connectivity index (χ2v) is 11.7. The van der Waals surface area contributed by atoms with Crippen LogP contribution in [0.3, 0.4) is 0 Å². The Labute approximate surface area is 200 Å². The van der Waals surface area contributed by atoms with Crippen LogP contribution in [0.1, 0.15) is 81.2 Å². The van der Waals surface area contributed by atoms with E-state index in [9.17, 15) is 9.59 Å². The van der Waals surface area contributed by atoms with E-state index < -0.39 is 5.97 Å². The third-order valence-corrected chi connectivity index (χ3v) is 9.91. The predicted molar refractivity (Wildman–Crippen MR) is 130 cm³/mol. The number of fused-ring (bicyclic) bond motifs is 4. The van der Waals surface area contributed by atoms with Crippen LogP contribution >= 0.6 is 0 Å². The SMILES string of the molecule is CCOC(=O)c1nc2ccccc2n(C2CC3CCC(C2)N3C2C3CC4CC(C3)CC2C4)c1=O. The van der Waals surface area contributed by atoms with E-state index in [-0.39, 0.29) is 23.9 Å². The van der Waals surface area contributed by atoms with Crippen LogP contribution in [0, 0.1) is 23.7 Å². The highest BCUT2D eigenvalue weighted by Gasteiger charge is 2.55. The number of para-hydroxylation sites is 2. The maximum atomic E-state index is 13.6. The van der Waals surface area contributed by atoms with Crippen LogP contribution in [0.4, 0.5) is 0 Å². The molecule has 2 saturated heterocycles. The Balaban J connectivity index is 1.23. The van der Waals surface area contributed by atoms with Gasteiger partial charge in [-0.1, -0.05) is 12.1 Å². The molecule has 4 aliphatic carbocycles. The van der Waals surface area contributed by atoms with Crippen molar-refractivity contribution in [2.75, 3.05) is 6.61 Å². The molecule has 0 N–H and O–H groups in total. The molecule has 2 atom stereocenters. The average molecular weight is 462 g/mol. The van der Waals surface area contributed by atoms with E-state index in [1.165, 1.54) is 44.9 Å². The fraction of sp³-hybridized carbons (Fsp3) is 0.679. The molecule has 4 saturated carbocycles. The van der Waals surface area contributed by atoms with Crippen LogP contribution in [0.2, 0.25) is 0 Å². The average Bonchev–Trinajstić information content (AvgIpc) is 3.06. The highest BCUT2D eigenvalue weighted by Crippen LogP contribution is 2.57. The first-order valence-corrected chi connectivity index (χ1v) is 13.6. The summed E-state index contributed by atoms with van der Waals surface area (Å²) in [5, 5.41) is 0.